The van der Waals surface area contributed by atoms with E-state index in [1.165, 1.54) is 83.5 Å². The monoisotopic (exact) mass is 1010 g/mol. The van der Waals surface area contributed by atoms with Gasteiger partial charge in [-0.3, -0.25) is 9.59 Å². The van der Waals surface area contributed by atoms with E-state index >= 15 is 0 Å². The molecule has 0 saturated heterocycles. The van der Waals surface area contributed by atoms with Crippen molar-refractivity contribution in [2.45, 2.75) is 238 Å². The lowest BCUT2D eigenvalue weighted by atomic mass is 10.1. The number of carbonyl (C=O) groups is 3. The van der Waals surface area contributed by atoms with Crippen LogP contribution in [0, 0.1) is 0 Å². The summed E-state index contributed by atoms with van der Waals surface area (Å²) in [6.45, 7) is 4.61. The Bertz CT molecular complexity index is 1500. The van der Waals surface area contributed by atoms with Gasteiger partial charge in [0.05, 0.1) is 40.3 Å². The minimum atomic E-state index is -1.63. The molecular weight excluding hydrogens is 899 g/mol. The Labute approximate surface area is 442 Å². The number of hydrogen-bond acceptors (Lipinski definition) is 8. The molecule has 0 spiro atoms. The van der Waals surface area contributed by atoms with Gasteiger partial charge < -0.3 is 33.3 Å². The van der Waals surface area contributed by atoms with Gasteiger partial charge in [-0.1, -0.05) is 214 Å². The molecule has 9 heteroatoms. The third-order valence-corrected chi connectivity index (χ3v) is 12.1. The zero-order valence-corrected chi connectivity index (χ0v) is 46.8. The third kappa shape index (κ3) is 54.0. The van der Waals surface area contributed by atoms with E-state index in [0.29, 0.717) is 17.4 Å². The largest absolute Gasteiger partial charge is 0.545 e. The van der Waals surface area contributed by atoms with Crippen molar-refractivity contribution in [1.82, 2.24) is 0 Å². The molecule has 0 aromatic carbocycles. The maximum atomic E-state index is 12.9. The first-order chi connectivity index (χ1) is 35.1. The highest BCUT2D eigenvalue weighted by atomic mass is 16.7. The van der Waals surface area contributed by atoms with Gasteiger partial charge in [0.25, 0.3) is 0 Å². The van der Waals surface area contributed by atoms with Gasteiger partial charge in [-0.2, -0.15) is 0 Å². The van der Waals surface area contributed by atoms with Crippen molar-refractivity contribution >= 4 is 17.9 Å². The fourth-order valence-corrected chi connectivity index (χ4v) is 7.63. The number of carboxylic acid groups (broad SMARTS) is 1. The van der Waals surface area contributed by atoms with Crippen LogP contribution in [0.25, 0.3) is 0 Å². The first-order valence-corrected chi connectivity index (χ1v) is 28.9. The highest BCUT2D eigenvalue weighted by molar-refractivity contribution is 5.70. The zero-order chi connectivity index (χ0) is 52.7. The highest BCUT2D eigenvalue weighted by Gasteiger charge is 2.22. The van der Waals surface area contributed by atoms with Crippen molar-refractivity contribution in [3.05, 3.63) is 97.2 Å². The number of unbranched alkanes of at least 4 members (excludes halogenated alkanes) is 21. The SMILES string of the molecule is CC/C=C\C/C=C\C/C=C\C/C=C\C/C=C\C/C=C\C/C=C\CCCCCCCCCCCC(=O)OC(COC(=O)CCCCCCC/C=C\CCCCCCCCC)COC(OCC[N+](C)(C)C)C(=O)[O-]. The number of likely N-dealkylation sites (N-methyl/N-ethyl adjacent to an activating group) is 1. The Kier molecular flexibility index (Phi) is 50.7. The van der Waals surface area contributed by atoms with Crippen molar-refractivity contribution in [3.8, 4) is 0 Å². The van der Waals surface area contributed by atoms with E-state index in [1.807, 2.05) is 21.1 Å². The van der Waals surface area contributed by atoms with E-state index in [0.717, 1.165) is 109 Å². The number of hydrogen-bond donors (Lipinski definition) is 0. The number of ether oxygens (including phenoxy) is 4. The van der Waals surface area contributed by atoms with E-state index in [1.54, 1.807) is 0 Å². The molecule has 0 aromatic heterocycles. The van der Waals surface area contributed by atoms with E-state index in [9.17, 15) is 19.5 Å². The van der Waals surface area contributed by atoms with Crippen LogP contribution in [0.2, 0.25) is 0 Å². The minimum Gasteiger partial charge on any atom is -0.545 e. The Morgan fingerprint density at radius 3 is 1.19 bits per heavy atom. The summed E-state index contributed by atoms with van der Waals surface area (Å²) in [5.74, 6) is -2.31. The first kappa shape index (κ1) is 68.2. The second-order valence-corrected chi connectivity index (χ2v) is 20.2. The van der Waals surface area contributed by atoms with Gasteiger partial charge in [0.1, 0.15) is 13.2 Å². The molecule has 0 amide bonds. The molecule has 0 fully saturated rings. The van der Waals surface area contributed by atoms with Crippen LogP contribution in [0.3, 0.4) is 0 Å². The molecule has 412 valence electrons. The lowest BCUT2D eigenvalue weighted by Gasteiger charge is -2.26. The quantitative estimate of drug-likeness (QED) is 0.0195. The molecule has 0 heterocycles. The van der Waals surface area contributed by atoms with E-state index < -0.39 is 24.3 Å². The van der Waals surface area contributed by atoms with Crippen LogP contribution >= 0.6 is 0 Å². The summed E-state index contributed by atoms with van der Waals surface area (Å²) >= 11 is 0. The molecule has 0 aliphatic heterocycles. The van der Waals surface area contributed by atoms with Gasteiger partial charge in [0, 0.05) is 12.8 Å². The van der Waals surface area contributed by atoms with Gasteiger partial charge in [0.2, 0.25) is 0 Å². The number of aliphatic carboxylic acids is 1. The summed E-state index contributed by atoms with van der Waals surface area (Å²) < 4.78 is 22.7. The lowest BCUT2D eigenvalue weighted by molar-refractivity contribution is -0.870. The molecule has 2 atom stereocenters. The van der Waals surface area contributed by atoms with Crippen molar-refractivity contribution in [3.63, 3.8) is 0 Å². The van der Waals surface area contributed by atoms with Crippen LogP contribution in [0.1, 0.15) is 226 Å². The number of nitrogens with zero attached hydrogens (tertiary/aromatic N) is 1. The molecule has 0 N–H and O–H groups in total. The summed E-state index contributed by atoms with van der Waals surface area (Å²) in [6.07, 6.45) is 68.8. The van der Waals surface area contributed by atoms with Crippen molar-refractivity contribution < 1.29 is 42.9 Å². The fourth-order valence-electron chi connectivity index (χ4n) is 7.63. The van der Waals surface area contributed by atoms with Crippen LogP contribution in [0.4, 0.5) is 0 Å². The number of carboxylic acids is 1. The molecule has 0 aliphatic rings. The lowest BCUT2D eigenvalue weighted by Crippen LogP contribution is -2.44. The average Bonchev–Trinajstić information content (AvgIpc) is 3.35. The summed E-state index contributed by atoms with van der Waals surface area (Å²) in [5.41, 5.74) is 0. The van der Waals surface area contributed by atoms with Crippen LogP contribution < -0.4 is 5.11 Å². The Balaban J connectivity index is 4.26. The number of carbonyl (C=O) groups excluding carboxylic acids is 3. The second kappa shape index (κ2) is 53.5. The number of quaternary nitrogens is 1. The number of esters is 2. The summed E-state index contributed by atoms with van der Waals surface area (Å²) in [7, 11) is 5.91. The van der Waals surface area contributed by atoms with Crippen molar-refractivity contribution in [2.75, 3.05) is 47.5 Å². The predicted octanol–water partition coefficient (Wildman–Crippen LogP) is 15.6. The zero-order valence-electron chi connectivity index (χ0n) is 46.8. The Hall–Kier alpha value is -3.79. The van der Waals surface area contributed by atoms with Gasteiger partial charge in [0.15, 0.2) is 12.4 Å². The molecule has 0 rings (SSSR count). The topological polar surface area (TPSA) is 111 Å². The normalized spacial score (nSPS) is 13.5. The van der Waals surface area contributed by atoms with Crippen molar-refractivity contribution in [2.24, 2.45) is 0 Å². The average molecular weight is 1010 g/mol. The maximum Gasteiger partial charge on any atom is 0.306 e. The third-order valence-electron chi connectivity index (χ3n) is 12.1. The smallest absolute Gasteiger partial charge is 0.306 e. The molecule has 0 aliphatic carbocycles. The molecule has 72 heavy (non-hydrogen) atoms. The standard InChI is InChI=1S/C63H107NO8/c1-6-8-10-12-14-16-18-20-22-24-25-26-27-28-29-30-31-32-33-34-35-36-37-38-40-42-44-46-48-50-52-54-61(66)72-59(58-71-63(62(67)68)69-56-55-64(3,4)5)57-70-60(65)53-51-49-47-45-43-41-39-23-21-19-17-15-13-11-9-7-2/h8,10,14,16,20,22-23,25-26,28-29,31-32,34-35,39,59,63H,6-7,9,11-13,15,17-19,21,24,27,30,33,36-38,40-58H2,1-5H3/b10-8-,16-14-,22-20-,26-25-,29-28-,32-31-,35-34-,39-23-. The molecule has 0 radical (unpaired) electrons. The van der Waals surface area contributed by atoms with Crippen LogP contribution in [-0.4, -0.2) is 82.3 Å². The number of allylic oxidation sites excluding steroid dienone is 16. The molecule has 0 bridgehead atoms. The molecule has 2 unspecified atom stereocenters. The first-order valence-electron chi connectivity index (χ1n) is 28.9. The van der Waals surface area contributed by atoms with Crippen LogP contribution in [0.5, 0.6) is 0 Å². The molecular formula is C63H107NO8. The minimum absolute atomic E-state index is 0.141. The predicted molar refractivity (Wildman–Crippen MR) is 301 cm³/mol. The van der Waals surface area contributed by atoms with Crippen LogP contribution in [-0.2, 0) is 33.3 Å². The van der Waals surface area contributed by atoms with Crippen molar-refractivity contribution in [1.29, 1.82) is 0 Å². The van der Waals surface area contributed by atoms with Gasteiger partial charge >= 0.3 is 11.9 Å². The van der Waals surface area contributed by atoms with Gasteiger partial charge in [-0.15, -0.1) is 0 Å². The summed E-state index contributed by atoms with van der Waals surface area (Å²) in [6, 6.07) is 0. The molecule has 0 aromatic rings. The maximum absolute atomic E-state index is 12.9. The summed E-state index contributed by atoms with van der Waals surface area (Å²) in [5, 5.41) is 11.8. The Morgan fingerprint density at radius 2 is 0.792 bits per heavy atom. The van der Waals surface area contributed by atoms with Crippen LogP contribution in [0.15, 0.2) is 97.2 Å². The fraction of sp³-hybridized carbons (Fsp3) is 0.698. The van der Waals surface area contributed by atoms with E-state index in [2.05, 4.69) is 111 Å². The van der Waals surface area contributed by atoms with E-state index in [4.69, 9.17) is 18.9 Å². The van der Waals surface area contributed by atoms with Gasteiger partial charge in [-0.25, -0.2) is 0 Å². The second-order valence-electron chi connectivity index (χ2n) is 20.2. The molecule has 9 nitrogen and oxygen atoms in total. The summed E-state index contributed by atoms with van der Waals surface area (Å²) in [4.78, 5) is 37.2. The van der Waals surface area contributed by atoms with E-state index in [-0.39, 0.29) is 38.6 Å². The highest BCUT2D eigenvalue weighted by Crippen LogP contribution is 2.15. The molecule has 0 saturated carbocycles. The Morgan fingerprint density at radius 1 is 0.431 bits per heavy atom. The number of rotatable bonds is 52. The van der Waals surface area contributed by atoms with Gasteiger partial charge in [-0.05, 0) is 96.3 Å².